The number of likely N-dealkylation sites (tertiary alicyclic amines) is 1. The smallest absolute Gasteiger partial charge is 0.253 e. The molecule has 1 aliphatic heterocycles. The highest BCUT2D eigenvalue weighted by atomic mass is 32.1. The Labute approximate surface area is 132 Å². The first kappa shape index (κ1) is 13.5. The molecule has 22 heavy (non-hydrogen) atoms. The highest BCUT2D eigenvalue weighted by molar-refractivity contribution is 7.13. The van der Waals surface area contributed by atoms with Gasteiger partial charge in [0.25, 0.3) is 5.91 Å². The van der Waals surface area contributed by atoms with Crippen LogP contribution in [0.25, 0.3) is 21.9 Å². The summed E-state index contributed by atoms with van der Waals surface area (Å²) in [7, 11) is 0. The van der Waals surface area contributed by atoms with Crippen LogP contribution in [0.1, 0.15) is 29.6 Å². The summed E-state index contributed by atoms with van der Waals surface area (Å²) in [5, 5.41) is 2.00. The highest BCUT2D eigenvalue weighted by Crippen LogP contribution is 2.28. The number of benzene rings is 1. The standard InChI is InChI=1S/C17H16N2O2S/c20-17(19-8-2-1-3-9-19)12-6-7-13-14(11-12)21-16(18-13)15-5-4-10-22-15/h4-7,10-11H,1-3,8-9H2. The van der Waals surface area contributed by atoms with E-state index < -0.39 is 0 Å². The molecule has 0 atom stereocenters. The fourth-order valence-electron chi connectivity index (χ4n) is 2.84. The van der Waals surface area contributed by atoms with E-state index in [9.17, 15) is 4.79 Å². The van der Waals surface area contributed by atoms with Crippen LogP contribution in [-0.2, 0) is 0 Å². The zero-order chi connectivity index (χ0) is 14.9. The highest BCUT2D eigenvalue weighted by Gasteiger charge is 2.19. The third kappa shape index (κ3) is 2.41. The van der Waals surface area contributed by atoms with Gasteiger partial charge in [-0.3, -0.25) is 4.79 Å². The third-order valence-electron chi connectivity index (χ3n) is 4.01. The maximum atomic E-state index is 12.5. The molecule has 1 saturated heterocycles. The summed E-state index contributed by atoms with van der Waals surface area (Å²) in [4.78, 5) is 20.0. The van der Waals surface area contributed by atoms with Crippen molar-refractivity contribution in [1.29, 1.82) is 0 Å². The number of aromatic nitrogens is 1. The molecule has 112 valence electrons. The zero-order valence-electron chi connectivity index (χ0n) is 12.1. The number of piperidine rings is 1. The summed E-state index contributed by atoms with van der Waals surface area (Å²) < 4.78 is 5.82. The van der Waals surface area contributed by atoms with Gasteiger partial charge in [-0.2, -0.15) is 0 Å². The Hall–Kier alpha value is -2.14. The first-order valence-corrected chi connectivity index (χ1v) is 8.43. The number of nitrogens with zero attached hydrogens (tertiary/aromatic N) is 2. The van der Waals surface area contributed by atoms with E-state index in [0.29, 0.717) is 17.0 Å². The van der Waals surface area contributed by atoms with Crippen LogP contribution in [0.2, 0.25) is 0 Å². The summed E-state index contributed by atoms with van der Waals surface area (Å²) in [6.07, 6.45) is 3.41. The second kappa shape index (κ2) is 5.57. The summed E-state index contributed by atoms with van der Waals surface area (Å²) in [5.74, 6) is 0.711. The molecule has 1 aromatic carbocycles. The Balaban J connectivity index is 1.66. The third-order valence-corrected chi connectivity index (χ3v) is 4.87. The second-order valence-corrected chi connectivity index (χ2v) is 6.48. The normalized spacial score (nSPS) is 15.4. The Kier molecular flexibility index (Phi) is 3.42. The average molecular weight is 312 g/mol. The lowest BCUT2D eigenvalue weighted by atomic mass is 10.1. The summed E-state index contributed by atoms with van der Waals surface area (Å²) in [6.45, 7) is 1.71. The molecule has 2 aromatic heterocycles. The van der Waals surface area contributed by atoms with Crippen molar-refractivity contribution >= 4 is 28.3 Å². The summed E-state index contributed by atoms with van der Waals surface area (Å²) in [5.41, 5.74) is 2.15. The van der Waals surface area contributed by atoms with Gasteiger partial charge < -0.3 is 9.32 Å². The monoisotopic (exact) mass is 312 g/mol. The number of thiophene rings is 1. The Bertz CT molecular complexity index is 801. The van der Waals surface area contributed by atoms with Gasteiger partial charge in [-0.15, -0.1) is 11.3 Å². The summed E-state index contributed by atoms with van der Waals surface area (Å²) in [6, 6.07) is 9.48. The molecule has 0 saturated carbocycles. The molecule has 5 heteroatoms. The van der Waals surface area contributed by atoms with Crippen molar-refractivity contribution in [3.63, 3.8) is 0 Å². The quantitative estimate of drug-likeness (QED) is 0.713. The van der Waals surface area contributed by atoms with Gasteiger partial charge >= 0.3 is 0 Å². The van der Waals surface area contributed by atoms with Gasteiger partial charge in [0.05, 0.1) is 4.88 Å². The molecule has 0 radical (unpaired) electrons. The van der Waals surface area contributed by atoms with E-state index >= 15 is 0 Å². The molecule has 4 rings (SSSR count). The van der Waals surface area contributed by atoms with E-state index in [2.05, 4.69) is 4.98 Å². The molecule has 1 fully saturated rings. The van der Waals surface area contributed by atoms with Crippen molar-refractivity contribution in [2.75, 3.05) is 13.1 Å². The predicted octanol–water partition coefficient (Wildman–Crippen LogP) is 4.18. The topological polar surface area (TPSA) is 46.3 Å². The first-order valence-electron chi connectivity index (χ1n) is 7.55. The molecular weight excluding hydrogens is 296 g/mol. The molecule has 4 nitrogen and oxygen atoms in total. The lowest BCUT2D eigenvalue weighted by molar-refractivity contribution is 0.0724. The number of fused-ring (bicyclic) bond motifs is 1. The lowest BCUT2D eigenvalue weighted by Gasteiger charge is -2.26. The van der Waals surface area contributed by atoms with Crippen molar-refractivity contribution in [2.45, 2.75) is 19.3 Å². The van der Waals surface area contributed by atoms with Crippen LogP contribution in [0, 0.1) is 0 Å². The predicted molar refractivity (Wildman–Crippen MR) is 87.1 cm³/mol. The maximum Gasteiger partial charge on any atom is 0.253 e. The second-order valence-electron chi connectivity index (χ2n) is 5.53. The van der Waals surface area contributed by atoms with Crippen molar-refractivity contribution < 1.29 is 9.21 Å². The van der Waals surface area contributed by atoms with Crippen molar-refractivity contribution in [3.05, 3.63) is 41.3 Å². The SMILES string of the molecule is O=C(c1ccc2nc(-c3cccs3)oc2c1)N1CCCCC1. The Morgan fingerprint density at radius 1 is 1.18 bits per heavy atom. The van der Waals surface area contributed by atoms with Gasteiger partial charge in [-0.05, 0) is 48.9 Å². The molecule has 0 unspecified atom stereocenters. The Morgan fingerprint density at radius 2 is 2.05 bits per heavy atom. The molecule has 0 bridgehead atoms. The largest absolute Gasteiger partial charge is 0.435 e. The minimum Gasteiger partial charge on any atom is -0.435 e. The number of hydrogen-bond donors (Lipinski definition) is 0. The van der Waals surface area contributed by atoms with Crippen LogP contribution in [0.15, 0.2) is 40.1 Å². The number of carbonyl (C=O) groups excluding carboxylic acids is 1. The van der Waals surface area contributed by atoms with Crippen LogP contribution >= 0.6 is 11.3 Å². The molecule has 3 aromatic rings. The zero-order valence-corrected chi connectivity index (χ0v) is 12.9. The minimum atomic E-state index is 0.0932. The van der Waals surface area contributed by atoms with E-state index in [4.69, 9.17) is 4.42 Å². The van der Waals surface area contributed by atoms with Gasteiger partial charge in [0.1, 0.15) is 5.52 Å². The van der Waals surface area contributed by atoms with Gasteiger partial charge in [-0.1, -0.05) is 6.07 Å². The molecular formula is C17H16N2O2S. The van der Waals surface area contributed by atoms with E-state index in [0.717, 1.165) is 36.3 Å². The van der Waals surface area contributed by atoms with E-state index in [1.807, 2.05) is 40.6 Å². The fraction of sp³-hybridized carbons (Fsp3) is 0.294. The van der Waals surface area contributed by atoms with Crippen LogP contribution < -0.4 is 0 Å². The van der Waals surface area contributed by atoms with E-state index in [-0.39, 0.29) is 5.91 Å². The maximum absolute atomic E-state index is 12.5. The molecule has 0 spiro atoms. The molecule has 1 amide bonds. The van der Waals surface area contributed by atoms with E-state index in [1.165, 1.54) is 6.42 Å². The number of rotatable bonds is 2. The minimum absolute atomic E-state index is 0.0932. The number of hydrogen-bond acceptors (Lipinski definition) is 4. The Morgan fingerprint density at radius 3 is 2.82 bits per heavy atom. The van der Waals surface area contributed by atoms with Crippen LogP contribution in [0.5, 0.6) is 0 Å². The van der Waals surface area contributed by atoms with Crippen molar-refractivity contribution in [2.24, 2.45) is 0 Å². The number of amides is 1. The van der Waals surface area contributed by atoms with Crippen LogP contribution in [0.3, 0.4) is 0 Å². The van der Waals surface area contributed by atoms with Gasteiger partial charge in [0, 0.05) is 18.7 Å². The van der Waals surface area contributed by atoms with E-state index in [1.54, 1.807) is 11.3 Å². The first-order chi connectivity index (χ1) is 10.8. The van der Waals surface area contributed by atoms with Crippen LogP contribution in [-0.4, -0.2) is 28.9 Å². The van der Waals surface area contributed by atoms with Gasteiger partial charge in [-0.25, -0.2) is 4.98 Å². The molecule has 3 heterocycles. The number of carbonyl (C=O) groups is 1. The molecule has 1 aliphatic rings. The molecule has 0 N–H and O–H groups in total. The lowest BCUT2D eigenvalue weighted by Crippen LogP contribution is -2.35. The number of oxazole rings is 1. The summed E-state index contributed by atoms with van der Waals surface area (Å²) >= 11 is 1.59. The fourth-order valence-corrected chi connectivity index (χ4v) is 3.49. The van der Waals surface area contributed by atoms with Crippen molar-refractivity contribution in [1.82, 2.24) is 9.88 Å². The average Bonchev–Trinajstić information content (AvgIpc) is 3.23. The van der Waals surface area contributed by atoms with Gasteiger partial charge in [0.2, 0.25) is 5.89 Å². The molecule has 0 aliphatic carbocycles. The van der Waals surface area contributed by atoms with Crippen molar-refractivity contribution in [3.8, 4) is 10.8 Å². The van der Waals surface area contributed by atoms with Gasteiger partial charge in [0.15, 0.2) is 5.58 Å². The van der Waals surface area contributed by atoms with Crippen LogP contribution in [0.4, 0.5) is 0 Å².